The van der Waals surface area contributed by atoms with Crippen molar-refractivity contribution >= 4 is 24.8 Å². The van der Waals surface area contributed by atoms with E-state index in [1.54, 1.807) is 0 Å². The molecule has 0 spiro atoms. The molecule has 6 N–H and O–H groups in total. The first kappa shape index (κ1) is 16.5. The molecule has 0 saturated carbocycles. The number of ether oxygens (including phenoxy) is 1. The first-order valence-corrected chi connectivity index (χ1v) is 8.64. The third kappa shape index (κ3) is 2.04. The monoisotopic (exact) mass is 371 g/mol. The zero-order valence-corrected chi connectivity index (χ0v) is 13.4. The molecular formula is C12H14N5O7P. The molecule has 2 aromatic rings. The lowest BCUT2D eigenvalue weighted by Gasteiger charge is -2.47. The van der Waals surface area contributed by atoms with Gasteiger partial charge in [-0.3, -0.25) is 9.09 Å². The minimum absolute atomic E-state index is 0.0993. The molecule has 0 aromatic carbocycles. The van der Waals surface area contributed by atoms with Gasteiger partial charge in [0.15, 0.2) is 17.1 Å². The highest BCUT2D eigenvalue weighted by Gasteiger charge is 2.72. The molecule has 2 aromatic heterocycles. The van der Waals surface area contributed by atoms with Crippen LogP contribution in [0.15, 0.2) is 24.8 Å². The van der Waals surface area contributed by atoms with Gasteiger partial charge in [-0.2, -0.15) is 0 Å². The molecule has 12 nitrogen and oxygen atoms in total. The average molecular weight is 371 g/mol. The fourth-order valence-corrected chi connectivity index (χ4v) is 4.00. The number of phosphoric acid groups is 1. The summed E-state index contributed by atoms with van der Waals surface area (Å²) in [6.45, 7) is -0.597. The number of phosphoric ester groups is 1. The van der Waals surface area contributed by atoms with Crippen LogP contribution in [0, 0.1) is 0 Å². The predicted molar refractivity (Wildman–Crippen MR) is 80.7 cm³/mol. The fraction of sp³-hybridized carbons (Fsp3) is 0.417. The maximum Gasteiger partial charge on any atom is 0.470 e. The Balaban J connectivity index is 1.93. The van der Waals surface area contributed by atoms with Crippen LogP contribution in [0.4, 0.5) is 5.82 Å². The molecule has 2 aliphatic rings. The Bertz CT molecular complexity index is 928. The summed E-state index contributed by atoms with van der Waals surface area (Å²) in [7, 11) is -5.02. The molecule has 1 fully saturated rings. The van der Waals surface area contributed by atoms with Crippen molar-refractivity contribution in [2.75, 3.05) is 12.3 Å². The van der Waals surface area contributed by atoms with Crippen LogP contribution >= 0.6 is 7.82 Å². The Labute approximate surface area is 139 Å². The van der Waals surface area contributed by atoms with E-state index < -0.39 is 38.0 Å². The van der Waals surface area contributed by atoms with Crippen LogP contribution in [0.2, 0.25) is 0 Å². The Morgan fingerprint density at radius 3 is 2.72 bits per heavy atom. The summed E-state index contributed by atoms with van der Waals surface area (Å²) in [6.07, 6.45) is 2.47. The van der Waals surface area contributed by atoms with Crippen molar-refractivity contribution in [1.29, 1.82) is 0 Å². The molecule has 0 unspecified atom stereocenters. The van der Waals surface area contributed by atoms with Crippen LogP contribution in [0.3, 0.4) is 0 Å². The van der Waals surface area contributed by atoms with E-state index in [1.807, 2.05) is 0 Å². The summed E-state index contributed by atoms with van der Waals surface area (Å²) in [5.74, 6) is 0.0993. The molecule has 0 radical (unpaired) electrons. The van der Waals surface area contributed by atoms with Gasteiger partial charge in [-0.25, -0.2) is 19.5 Å². The lowest BCUT2D eigenvalue weighted by atomic mass is 9.76. The van der Waals surface area contributed by atoms with Crippen LogP contribution < -0.4 is 5.73 Å². The SMILES string of the molecule is Nc1ncnc2c1ncn2[C@@]12C=C[C@@]1(OP(=O)(O)O)[C@H](O)[C@@H](CO)O2. The molecule has 0 bridgehead atoms. The van der Waals surface area contributed by atoms with Gasteiger partial charge >= 0.3 is 7.82 Å². The number of hydrogen-bond acceptors (Lipinski definition) is 9. The van der Waals surface area contributed by atoms with E-state index in [4.69, 9.17) is 15.0 Å². The van der Waals surface area contributed by atoms with E-state index in [9.17, 15) is 24.6 Å². The van der Waals surface area contributed by atoms with Crippen LogP contribution in [0.1, 0.15) is 0 Å². The van der Waals surface area contributed by atoms with E-state index in [0.29, 0.717) is 0 Å². The number of anilines is 1. The maximum atomic E-state index is 11.5. The van der Waals surface area contributed by atoms with Crippen molar-refractivity contribution in [1.82, 2.24) is 19.5 Å². The minimum atomic E-state index is -5.02. The van der Waals surface area contributed by atoms with Crippen molar-refractivity contribution in [2.45, 2.75) is 23.5 Å². The van der Waals surface area contributed by atoms with Gasteiger partial charge in [-0.1, -0.05) is 0 Å². The first-order chi connectivity index (χ1) is 11.7. The van der Waals surface area contributed by atoms with Gasteiger partial charge in [-0.05, 0) is 12.2 Å². The Hall–Kier alpha value is -1.92. The highest BCUT2D eigenvalue weighted by Crippen LogP contribution is 2.60. The van der Waals surface area contributed by atoms with E-state index in [2.05, 4.69) is 15.0 Å². The number of aliphatic hydroxyl groups is 2. The van der Waals surface area contributed by atoms with Crippen molar-refractivity contribution in [3.63, 3.8) is 0 Å². The summed E-state index contributed by atoms with van der Waals surface area (Å²) in [5, 5.41) is 19.9. The van der Waals surface area contributed by atoms with E-state index >= 15 is 0 Å². The molecule has 1 saturated heterocycles. The van der Waals surface area contributed by atoms with Gasteiger partial charge in [0.1, 0.15) is 24.1 Å². The number of aromatic nitrogens is 4. The smallest absolute Gasteiger partial charge is 0.394 e. The summed E-state index contributed by atoms with van der Waals surface area (Å²) >= 11 is 0. The third-order valence-corrected chi connectivity index (χ3v) is 4.95. The number of nitrogens with zero attached hydrogens (tertiary/aromatic N) is 4. The number of fused-ring (bicyclic) bond motifs is 2. The highest BCUT2D eigenvalue weighted by atomic mass is 31.2. The van der Waals surface area contributed by atoms with Crippen molar-refractivity contribution in [2.24, 2.45) is 0 Å². The second-order valence-corrected chi connectivity index (χ2v) is 6.90. The highest BCUT2D eigenvalue weighted by molar-refractivity contribution is 7.46. The van der Waals surface area contributed by atoms with Crippen LogP contribution in [0.5, 0.6) is 0 Å². The van der Waals surface area contributed by atoms with Crippen LogP contribution in [-0.2, 0) is 19.6 Å². The number of nitrogen functional groups attached to an aromatic ring is 1. The normalized spacial score (nSPS) is 34.2. The van der Waals surface area contributed by atoms with E-state index in [0.717, 1.165) is 0 Å². The molecule has 13 heteroatoms. The molecule has 4 atom stereocenters. The second kappa shape index (κ2) is 5.05. The molecule has 134 valence electrons. The maximum absolute atomic E-state index is 11.5. The van der Waals surface area contributed by atoms with Gasteiger partial charge in [0.2, 0.25) is 5.72 Å². The zero-order chi connectivity index (χ0) is 18.0. The van der Waals surface area contributed by atoms with Gasteiger partial charge in [0.25, 0.3) is 0 Å². The van der Waals surface area contributed by atoms with Gasteiger partial charge in [-0.15, -0.1) is 0 Å². The standard InChI is InChI=1S/C12H14N5O7P/c13-9-7-10(15-4-14-9)17(5-16-7)12-2-1-11(12,24-25(20,21)22)8(19)6(3-18)23-12/h1-2,4-6,8,18-19H,3H2,(H2,13,14,15)(H2,20,21,22)/t6-,8-,11-,12-/m1/s1. The Morgan fingerprint density at radius 1 is 1.36 bits per heavy atom. The Morgan fingerprint density at radius 2 is 2.12 bits per heavy atom. The van der Waals surface area contributed by atoms with Gasteiger partial charge in [0.05, 0.1) is 12.9 Å². The molecule has 0 amide bonds. The summed E-state index contributed by atoms with van der Waals surface area (Å²) in [6, 6.07) is 0. The van der Waals surface area contributed by atoms with Crippen molar-refractivity contribution < 1.29 is 33.8 Å². The van der Waals surface area contributed by atoms with E-state index in [1.165, 1.54) is 29.4 Å². The molecule has 3 heterocycles. The Kier molecular flexibility index (Phi) is 3.34. The largest absolute Gasteiger partial charge is 0.470 e. The average Bonchev–Trinajstić information content (AvgIpc) is 3.02. The predicted octanol–water partition coefficient (Wildman–Crippen LogP) is -1.77. The number of imidazole rings is 1. The molecule has 25 heavy (non-hydrogen) atoms. The number of hydrogen-bond donors (Lipinski definition) is 5. The quantitative estimate of drug-likeness (QED) is 0.302. The van der Waals surface area contributed by atoms with Crippen molar-refractivity contribution in [3.8, 4) is 0 Å². The minimum Gasteiger partial charge on any atom is -0.394 e. The summed E-state index contributed by atoms with van der Waals surface area (Å²) < 4.78 is 23.4. The molecule has 4 rings (SSSR count). The fourth-order valence-electron chi connectivity index (χ4n) is 3.31. The summed E-state index contributed by atoms with van der Waals surface area (Å²) in [5.41, 5.74) is 2.59. The lowest BCUT2D eigenvalue weighted by molar-refractivity contribution is -0.153. The topological polar surface area (TPSA) is 186 Å². The number of aliphatic hydroxyl groups excluding tert-OH is 2. The zero-order valence-electron chi connectivity index (χ0n) is 12.5. The van der Waals surface area contributed by atoms with Crippen molar-refractivity contribution in [3.05, 3.63) is 24.8 Å². The van der Waals surface area contributed by atoms with E-state index in [-0.39, 0.29) is 17.0 Å². The molecular weight excluding hydrogens is 357 g/mol. The first-order valence-electron chi connectivity index (χ1n) is 7.11. The van der Waals surface area contributed by atoms with Gasteiger partial charge < -0.3 is 30.5 Å². The second-order valence-electron chi connectivity index (χ2n) is 5.73. The lowest BCUT2D eigenvalue weighted by Crippen LogP contribution is -2.61. The molecule has 1 aliphatic heterocycles. The van der Waals surface area contributed by atoms with Crippen LogP contribution in [-0.4, -0.2) is 63.9 Å². The van der Waals surface area contributed by atoms with Gasteiger partial charge in [0, 0.05) is 0 Å². The number of nitrogens with two attached hydrogens (primary N) is 1. The molecule has 1 aliphatic carbocycles. The third-order valence-electron chi connectivity index (χ3n) is 4.41. The summed E-state index contributed by atoms with van der Waals surface area (Å²) in [4.78, 5) is 30.6. The van der Waals surface area contributed by atoms with Crippen LogP contribution in [0.25, 0.3) is 11.2 Å². The number of rotatable bonds is 4.